The second kappa shape index (κ2) is 9.45. The Bertz CT molecular complexity index is 904. The molecule has 0 saturated carbocycles. The molecule has 1 heterocycles. The van der Waals surface area contributed by atoms with Crippen molar-refractivity contribution in [2.24, 2.45) is 5.73 Å². The number of amides is 1. The predicted octanol–water partition coefficient (Wildman–Crippen LogP) is 2.44. The molecule has 3 N–H and O–H groups in total. The van der Waals surface area contributed by atoms with Crippen molar-refractivity contribution in [2.75, 3.05) is 6.61 Å². The standard InChI is InChI=1S/C22H27N5O2/c1-22(2,23)21(28)25-19(15-29-14-18-11-7-4-8-12-18)20-26-24-16-27(20)13-17-9-5-3-6-10-17/h3-12,16,19H,13-15,23H2,1-2H3,(H,25,28). The number of nitrogens with one attached hydrogen (secondary N) is 1. The lowest BCUT2D eigenvalue weighted by Gasteiger charge is -2.24. The van der Waals surface area contributed by atoms with Crippen LogP contribution in [0.5, 0.6) is 0 Å². The van der Waals surface area contributed by atoms with Crippen LogP contribution in [0.3, 0.4) is 0 Å². The normalized spacial score (nSPS) is 12.5. The molecule has 0 aliphatic rings. The van der Waals surface area contributed by atoms with Crippen molar-refractivity contribution in [3.05, 3.63) is 83.9 Å². The Morgan fingerprint density at radius 3 is 2.34 bits per heavy atom. The molecule has 0 spiro atoms. The summed E-state index contributed by atoms with van der Waals surface area (Å²) in [6, 6.07) is 19.4. The number of carbonyl (C=O) groups is 1. The van der Waals surface area contributed by atoms with Crippen molar-refractivity contribution in [1.82, 2.24) is 20.1 Å². The van der Waals surface area contributed by atoms with Gasteiger partial charge in [0.2, 0.25) is 5.91 Å². The molecular weight excluding hydrogens is 366 g/mol. The molecule has 1 unspecified atom stereocenters. The van der Waals surface area contributed by atoms with Crippen LogP contribution in [0.2, 0.25) is 0 Å². The van der Waals surface area contributed by atoms with Gasteiger partial charge in [-0.2, -0.15) is 0 Å². The Labute approximate surface area is 170 Å². The number of hydrogen-bond acceptors (Lipinski definition) is 5. The molecule has 1 aromatic heterocycles. The van der Waals surface area contributed by atoms with Crippen LogP contribution in [0.4, 0.5) is 0 Å². The zero-order valence-electron chi connectivity index (χ0n) is 16.8. The minimum Gasteiger partial charge on any atom is -0.374 e. The summed E-state index contributed by atoms with van der Waals surface area (Å²) in [5.41, 5.74) is 7.13. The molecule has 29 heavy (non-hydrogen) atoms. The van der Waals surface area contributed by atoms with E-state index >= 15 is 0 Å². The summed E-state index contributed by atoms with van der Waals surface area (Å²) in [6.07, 6.45) is 1.66. The van der Waals surface area contributed by atoms with Crippen molar-refractivity contribution >= 4 is 5.91 Å². The first kappa shape index (κ1) is 20.7. The highest BCUT2D eigenvalue weighted by atomic mass is 16.5. The summed E-state index contributed by atoms with van der Waals surface area (Å²) in [7, 11) is 0. The van der Waals surface area contributed by atoms with Gasteiger partial charge in [0.15, 0.2) is 5.82 Å². The fourth-order valence-corrected chi connectivity index (χ4v) is 2.83. The van der Waals surface area contributed by atoms with E-state index in [1.54, 1.807) is 20.2 Å². The lowest BCUT2D eigenvalue weighted by atomic mass is 10.1. The first-order valence-corrected chi connectivity index (χ1v) is 9.56. The summed E-state index contributed by atoms with van der Waals surface area (Å²) < 4.78 is 7.80. The Morgan fingerprint density at radius 1 is 1.10 bits per heavy atom. The van der Waals surface area contributed by atoms with E-state index in [9.17, 15) is 4.79 Å². The summed E-state index contributed by atoms with van der Waals surface area (Å²) in [5.74, 6) is 0.347. The molecule has 0 fully saturated rings. The number of hydrogen-bond donors (Lipinski definition) is 2. The molecule has 0 bridgehead atoms. The van der Waals surface area contributed by atoms with Gasteiger partial charge in [-0.3, -0.25) is 4.79 Å². The molecule has 0 aliphatic heterocycles. The Hall–Kier alpha value is -3.03. The number of nitrogens with zero attached hydrogens (tertiary/aromatic N) is 3. The van der Waals surface area contributed by atoms with Crippen molar-refractivity contribution in [3.8, 4) is 0 Å². The number of benzene rings is 2. The maximum Gasteiger partial charge on any atom is 0.240 e. The van der Waals surface area contributed by atoms with E-state index in [2.05, 4.69) is 15.5 Å². The Balaban J connectivity index is 1.75. The number of aromatic nitrogens is 3. The van der Waals surface area contributed by atoms with Gasteiger partial charge in [-0.25, -0.2) is 0 Å². The van der Waals surface area contributed by atoms with Crippen molar-refractivity contribution in [3.63, 3.8) is 0 Å². The smallest absolute Gasteiger partial charge is 0.240 e. The minimum absolute atomic E-state index is 0.254. The molecule has 7 heteroatoms. The molecular formula is C22H27N5O2. The van der Waals surface area contributed by atoms with Crippen LogP contribution in [-0.4, -0.2) is 32.8 Å². The molecule has 1 atom stereocenters. The van der Waals surface area contributed by atoms with Crippen molar-refractivity contribution < 1.29 is 9.53 Å². The molecule has 0 radical (unpaired) electrons. The first-order chi connectivity index (χ1) is 13.9. The van der Waals surface area contributed by atoms with Gasteiger partial charge in [0, 0.05) is 0 Å². The van der Waals surface area contributed by atoms with E-state index < -0.39 is 11.6 Å². The van der Waals surface area contributed by atoms with Crippen LogP contribution >= 0.6 is 0 Å². The molecule has 0 saturated heterocycles. The third kappa shape index (κ3) is 5.97. The number of nitrogens with two attached hydrogens (primary N) is 1. The van der Waals surface area contributed by atoms with Gasteiger partial charge in [-0.05, 0) is 25.0 Å². The second-order valence-electron chi connectivity index (χ2n) is 7.55. The zero-order valence-corrected chi connectivity index (χ0v) is 16.8. The van der Waals surface area contributed by atoms with Gasteiger partial charge in [0.1, 0.15) is 12.4 Å². The lowest BCUT2D eigenvalue weighted by Crippen LogP contribution is -2.51. The SMILES string of the molecule is CC(C)(N)C(=O)NC(COCc1ccccc1)c1nncn1Cc1ccccc1. The van der Waals surface area contributed by atoms with Gasteiger partial charge in [0.05, 0.1) is 25.3 Å². The van der Waals surface area contributed by atoms with Gasteiger partial charge in [-0.15, -0.1) is 10.2 Å². The highest BCUT2D eigenvalue weighted by Crippen LogP contribution is 2.15. The maximum atomic E-state index is 12.5. The maximum absolute atomic E-state index is 12.5. The van der Waals surface area contributed by atoms with E-state index in [0.29, 0.717) is 19.0 Å². The van der Waals surface area contributed by atoms with Gasteiger partial charge >= 0.3 is 0 Å². The Morgan fingerprint density at radius 2 is 1.72 bits per heavy atom. The monoisotopic (exact) mass is 393 g/mol. The molecule has 3 rings (SSSR count). The second-order valence-corrected chi connectivity index (χ2v) is 7.55. The number of rotatable bonds is 9. The van der Waals surface area contributed by atoms with Crippen LogP contribution in [0.25, 0.3) is 0 Å². The zero-order chi connectivity index (χ0) is 20.7. The van der Waals surface area contributed by atoms with Gasteiger partial charge < -0.3 is 20.4 Å². The minimum atomic E-state index is -1.01. The molecule has 3 aromatic rings. The van der Waals surface area contributed by atoms with E-state index in [-0.39, 0.29) is 12.5 Å². The highest BCUT2D eigenvalue weighted by Gasteiger charge is 2.28. The molecule has 152 valence electrons. The fourth-order valence-electron chi connectivity index (χ4n) is 2.83. The van der Waals surface area contributed by atoms with Crippen LogP contribution in [0.15, 0.2) is 67.0 Å². The number of ether oxygens (including phenoxy) is 1. The van der Waals surface area contributed by atoms with Gasteiger partial charge in [-0.1, -0.05) is 60.7 Å². The van der Waals surface area contributed by atoms with Gasteiger partial charge in [0.25, 0.3) is 0 Å². The average Bonchev–Trinajstić information content (AvgIpc) is 3.16. The van der Waals surface area contributed by atoms with E-state index in [1.807, 2.05) is 65.2 Å². The quantitative estimate of drug-likeness (QED) is 0.582. The largest absolute Gasteiger partial charge is 0.374 e. The Kier molecular flexibility index (Phi) is 6.74. The third-order valence-corrected chi connectivity index (χ3v) is 4.44. The van der Waals surface area contributed by atoms with Crippen LogP contribution in [0, 0.1) is 0 Å². The van der Waals surface area contributed by atoms with E-state index in [0.717, 1.165) is 11.1 Å². The average molecular weight is 393 g/mol. The molecule has 0 aliphatic carbocycles. The van der Waals surface area contributed by atoms with Crippen LogP contribution in [-0.2, 0) is 22.7 Å². The summed E-state index contributed by atoms with van der Waals surface area (Å²) in [5, 5.41) is 11.3. The molecule has 1 amide bonds. The molecule has 2 aromatic carbocycles. The summed E-state index contributed by atoms with van der Waals surface area (Å²) in [4.78, 5) is 12.5. The van der Waals surface area contributed by atoms with Crippen molar-refractivity contribution in [2.45, 2.75) is 38.6 Å². The summed E-state index contributed by atoms with van der Waals surface area (Å²) >= 11 is 0. The third-order valence-electron chi connectivity index (χ3n) is 4.44. The predicted molar refractivity (Wildman–Crippen MR) is 111 cm³/mol. The van der Waals surface area contributed by atoms with Crippen LogP contribution < -0.4 is 11.1 Å². The van der Waals surface area contributed by atoms with Crippen LogP contribution in [0.1, 0.15) is 36.8 Å². The number of carbonyl (C=O) groups excluding carboxylic acids is 1. The highest BCUT2D eigenvalue weighted by molar-refractivity contribution is 5.85. The fraction of sp³-hybridized carbons (Fsp3) is 0.318. The van der Waals surface area contributed by atoms with E-state index in [1.165, 1.54) is 0 Å². The lowest BCUT2D eigenvalue weighted by molar-refractivity contribution is -0.126. The summed E-state index contributed by atoms with van der Waals surface area (Å²) in [6.45, 7) is 4.62. The van der Waals surface area contributed by atoms with Crippen molar-refractivity contribution in [1.29, 1.82) is 0 Å². The first-order valence-electron chi connectivity index (χ1n) is 9.56. The topological polar surface area (TPSA) is 95.1 Å². The molecule has 7 nitrogen and oxygen atoms in total. The van der Waals surface area contributed by atoms with E-state index in [4.69, 9.17) is 10.5 Å².